The fourth-order valence-corrected chi connectivity index (χ4v) is 4.86. The molecule has 0 aromatic heterocycles. The Kier molecular flexibility index (Phi) is 34.3. The summed E-state index contributed by atoms with van der Waals surface area (Å²) in [6.07, 6.45) is 53.2. The number of carboxylic acids is 1. The molecule has 0 spiro atoms. The van der Waals surface area contributed by atoms with Gasteiger partial charge in [-0.05, 0) is 96.0 Å². The van der Waals surface area contributed by atoms with Gasteiger partial charge in [-0.3, -0.25) is 9.59 Å². The molecule has 1 unspecified atom stereocenters. The third-order valence-corrected chi connectivity index (χ3v) is 7.59. The Morgan fingerprint density at radius 3 is 1.54 bits per heavy atom. The highest BCUT2D eigenvalue weighted by molar-refractivity contribution is 5.69. The Bertz CT molecular complexity index is 903. The first-order valence-electron chi connectivity index (χ1n) is 18.6. The highest BCUT2D eigenvalue weighted by Gasteiger charge is 2.11. The summed E-state index contributed by atoms with van der Waals surface area (Å²) in [6, 6.07) is 0. The van der Waals surface area contributed by atoms with Gasteiger partial charge in [-0.1, -0.05) is 138 Å². The topological polar surface area (TPSA) is 63.6 Å². The van der Waals surface area contributed by atoms with Gasteiger partial charge in [0.15, 0.2) is 0 Å². The molecule has 0 aliphatic rings. The number of rotatable bonds is 32. The van der Waals surface area contributed by atoms with Crippen molar-refractivity contribution < 1.29 is 19.4 Å². The van der Waals surface area contributed by atoms with Gasteiger partial charge in [0.05, 0.1) is 0 Å². The van der Waals surface area contributed by atoms with Gasteiger partial charge in [0, 0.05) is 12.8 Å². The Morgan fingerprint density at radius 2 is 0.978 bits per heavy atom. The van der Waals surface area contributed by atoms with Crippen molar-refractivity contribution in [1.29, 1.82) is 0 Å². The zero-order valence-electron chi connectivity index (χ0n) is 29.6. The van der Waals surface area contributed by atoms with Crippen molar-refractivity contribution in [2.75, 3.05) is 0 Å². The van der Waals surface area contributed by atoms with Gasteiger partial charge in [-0.2, -0.15) is 0 Å². The van der Waals surface area contributed by atoms with Crippen molar-refractivity contribution in [3.05, 3.63) is 85.1 Å². The summed E-state index contributed by atoms with van der Waals surface area (Å²) in [6.45, 7) is 4.38. The molecular formula is C42H68O4. The SMILES string of the molecule is CC/C=C\C/C=C\C/C=C\C/C=C\C/C=C\CCCCCC(=O)OC(/C=C\C/C=C\CCCCC)CCCCCCCCC(=O)O. The van der Waals surface area contributed by atoms with E-state index in [9.17, 15) is 9.59 Å². The lowest BCUT2D eigenvalue weighted by Crippen LogP contribution is -2.16. The van der Waals surface area contributed by atoms with E-state index in [-0.39, 0.29) is 18.5 Å². The van der Waals surface area contributed by atoms with Crippen molar-refractivity contribution in [1.82, 2.24) is 0 Å². The molecule has 0 radical (unpaired) electrons. The van der Waals surface area contributed by atoms with E-state index in [0.29, 0.717) is 6.42 Å². The molecule has 0 saturated carbocycles. The van der Waals surface area contributed by atoms with Gasteiger partial charge in [0.1, 0.15) is 6.10 Å². The van der Waals surface area contributed by atoms with Gasteiger partial charge >= 0.3 is 11.9 Å². The molecule has 0 aliphatic heterocycles. The van der Waals surface area contributed by atoms with E-state index in [4.69, 9.17) is 9.84 Å². The molecule has 0 rings (SSSR count). The van der Waals surface area contributed by atoms with Crippen LogP contribution in [0.25, 0.3) is 0 Å². The van der Waals surface area contributed by atoms with E-state index in [0.717, 1.165) is 116 Å². The van der Waals surface area contributed by atoms with Crippen LogP contribution in [0.4, 0.5) is 0 Å². The number of unbranched alkanes of at least 4 members (excludes halogenated alkanes) is 11. The lowest BCUT2D eigenvalue weighted by atomic mass is 10.1. The maximum absolute atomic E-state index is 12.6. The molecule has 0 amide bonds. The minimum Gasteiger partial charge on any atom is -0.481 e. The third kappa shape index (κ3) is 35.6. The van der Waals surface area contributed by atoms with Crippen LogP contribution in [0.1, 0.15) is 162 Å². The van der Waals surface area contributed by atoms with Crippen LogP contribution in [0.2, 0.25) is 0 Å². The molecule has 0 aromatic carbocycles. The second-order valence-corrected chi connectivity index (χ2v) is 12.0. The van der Waals surface area contributed by atoms with Crippen LogP contribution in [0, 0.1) is 0 Å². The number of hydrogen-bond acceptors (Lipinski definition) is 3. The molecule has 0 aromatic rings. The number of allylic oxidation sites excluding steroid dienone is 13. The van der Waals surface area contributed by atoms with E-state index in [1.807, 2.05) is 0 Å². The van der Waals surface area contributed by atoms with E-state index < -0.39 is 5.97 Å². The summed E-state index contributed by atoms with van der Waals surface area (Å²) in [5.41, 5.74) is 0. The van der Waals surface area contributed by atoms with Crippen LogP contribution in [-0.4, -0.2) is 23.1 Å². The summed E-state index contributed by atoms with van der Waals surface area (Å²) >= 11 is 0. The second-order valence-electron chi connectivity index (χ2n) is 12.0. The predicted molar refractivity (Wildman–Crippen MR) is 199 cm³/mol. The van der Waals surface area contributed by atoms with E-state index in [1.165, 1.54) is 19.3 Å². The molecule has 1 N–H and O–H groups in total. The molecule has 4 heteroatoms. The van der Waals surface area contributed by atoms with E-state index >= 15 is 0 Å². The molecule has 260 valence electrons. The lowest BCUT2D eigenvalue weighted by Gasteiger charge is -2.14. The van der Waals surface area contributed by atoms with Gasteiger partial charge in [0.25, 0.3) is 0 Å². The molecule has 4 nitrogen and oxygen atoms in total. The zero-order chi connectivity index (χ0) is 33.6. The van der Waals surface area contributed by atoms with E-state index in [2.05, 4.69) is 98.9 Å². The van der Waals surface area contributed by atoms with Crippen LogP contribution in [0.5, 0.6) is 0 Å². The second kappa shape index (κ2) is 36.6. The number of hydrogen-bond donors (Lipinski definition) is 1. The largest absolute Gasteiger partial charge is 0.481 e. The number of carbonyl (C=O) groups excluding carboxylic acids is 1. The maximum Gasteiger partial charge on any atom is 0.306 e. The smallest absolute Gasteiger partial charge is 0.306 e. The third-order valence-electron chi connectivity index (χ3n) is 7.59. The van der Waals surface area contributed by atoms with Crippen LogP contribution in [0.15, 0.2) is 85.1 Å². The minimum absolute atomic E-state index is 0.0895. The Labute approximate surface area is 283 Å². The highest BCUT2D eigenvalue weighted by Crippen LogP contribution is 2.14. The summed E-state index contributed by atoms with van der Waals surface area (Å²) in [5, 5.41) is 8.76. The summed E-state index contributed by atoms with van der Waals surface area (Å²) in [7, 11) is 0. The first-order valence-corrected chi connectivity index (χ1v) is 18.6. The molecule has 46 heavy (non-hydrogen) atoms. The Morgan fingerprint density at radius 1 is 0.522 bits per heavy atom. The number of esters is 1. The highest BCUT2D eigenvalue weighted by atomic mass is 16.5. The van der Waals surface area contributed by atoms with E-state index in [1.54, 1.807) is 0 Å². The zero-order valence-corrected chi connectivity index (χ0v) is 29.6. The molecule has 0 bridgehead atoms. The first kappa shape index (κ1) is 43.1. The molecule has 0 fully saturated rings. The Hall–Kier alpha value is -2.88. The number of carbonyl (C=O) groups is 2. The number of carboxylic acid groups (broad SMARTS) is 1. The van der Waals surface area contributed by atoms with Crippen molar-refractivity contribution in [3.63, 3.8) is 0 Å². The lowest BCUT2D eigenvalue weighted by molar-refractivity contribution is -0.147. The first-order chi connectivity index (χ1) is 22.6. The standard InChI is InChI=1S/C42H68O4/c1-3-5-7-9-11-13-14-15-16-17-18-19-20-21-22-23-25-31-35-39-42(45)46-40(36-32-28-24-12-10-8-6-4-2)37-33-29-26-27-30-34-38-41(43)44/h5,7,11-13,15-16,18-19,21-22,24,32,36,40H,3-4,6,8-10,14,17,20,23,25-31,33-35,37-39H2,1-2H3,(H,43,44)/b7-5-,13-11-,16-15-,19-18-,22-21-,24-12-,36-32-. The Balaban J connectivity index is 4.17. The normalized spacial score (nSPS) is 13.3. The van der Waals surface area contributed by atoms with Crippen LogP contribution >= 0.6 is 0 Å². The molecule has 1 atom stereocenters. The van der Waals surface area contributed by atoms with Crippen LogP contribution < -0.4 is 0 Å². The minimum atomic E-state index is -0.711. The van der Waals surface area contributed by atoms with Crippen LogP contribution in [0.3, 0.4) is 0 Å². The fraction of sp³-hybridized carbons (Fsp3) is 0.619. The predicted octanol–water partition coefficient (Wildman–Crippen LogP) is 12.9. The monoisotopic (exact) mass is 637 g/mol. The average molecular weight is 637 g/mol. The van der Waals surface area contributed by atoms with Gasteiger partial charge in [-0.25, -0.2) is 0 Å². The van der Waals surface area contributed by atoms with Crippen LogP contribution in [-0.2, 0) is 14.3 Å². The van der Waals surface area contributed by atoms with Crippen molar-refractivity contribution in [3.8, 4) is 0 Å². The van der Waals surface area contributed by atoms with Crippen molar-refractivity contribution in [2.45, 2.75) is 168 Å². The van der Waals surface area contributed by atoms with Crippen molar-refractivity contribution >= 4 is 11.9 Å². The summed E-state index contributed by atoms with van der Waals surface area (Å²) in [5.74, 6) is -0.800. The quantitative estimate of drug-likeness (QED) is 0.0453. The molecule has 0 saturated heterocycles. The fourth-order valence-electron chi connectivity index (χ4n) is 4.86. The molecule has 0 heterocycles. The van der Waals surface area contributed by atoms with Crippen molar-refractivity contribution in [2.24, 2.45) is 0 Å². The van der Waals surface area contributed by atoms with Gasteiger partial charge < -0.3 is 9.84 Å². The molecular weight excluding hydrogens is 568 g/mol. The maximum atomic E-state index is 12.6. The number of ether oxygens (including phenoxy) is 1. The number of aliphatic carboxylic acids is 1. The van der Waals surface area contributed by atoms with Gasteiger partial charge in [0.2, 0.25) is 0 Å². The summed E-state index contributed by atoms with van der Waals surface area (Å²) in [4.78, 5) is 23.2. The summed E-state index contributed by atoms with van der Waals surface area (Å²) < 4.78 is 5.87. The molecule has 0 aliphatic carbocycles. The average Bonchev–Trinajstić information content (AvgIpc) is 3.04. The van der Waals surface area contributed by atoms with Gasteiger partial charge in [-0.15, -0.1) is 0 Å².